The van der Waals surface area contributed by atoms with Crippen LogP contribution in [0.5, 0.6) is 0 Å². The lowest BCUT2D eigenvalue weighted by atomic mass is 9.72. The van der Waals surface area contributed by atoms with Crippen molar-refractivity contribution in [3.8, 4) is 0 Å². The lowest BCUT2D eigenvalue weighted by Gasteiger charge is -2.35. The number of rotatable bonds is 12. The van der Waals surface area contributed by atoms with Crippen molar-refractivity contribution in [2.45, 2.75) is 71.6 Å². The van der Waals surface area contributed by atoms with E-state index in [4.69, 9.17) is 20.9 Å². The Kier molecular flexibility index (Phi) is 17.2. The molecule has 1 aliphatic rings. The van der Waals surface area contributed by atoms with Crippen LogP contribution in [0.2, 0.25) is 0 Å². The molecule has 1 aliphatic carbocycles. The summed E-state index contributed by atoms with van der Waals surface area (Å²) in [5.74, 6) is 0.264. The summed E-state index contributed by atoms with van der Waals surface area (Å²) >= 11 is 0. The highest BCUT2D eigenvalue weighted by Gasteiger charge is 2.33. The van der Waals surface area contributed by atoms with Gasteiger partial charge in [-0.05, 0) is 49.6 Å². The van der Waals surface area contributed by atoms with Gasteiger partial charge in [0.1, 0.15) is 0 Å². The zero-order valence-electron chi connectivity index (χ0n) is 17.5. The van der Waals surface area contributed by atoms with E-state index in [-0.39, 0.29) is 61.3 Å². The molecule has 4 N–H and O–H groups in total. The molecule has 8 heteroatoms. The van der Waals surface area contributed by atoms with Crippen LogP contribution in [-0.4, -0.2) is 38.2 Å². The summed E-state index contributed by atoms with van der Waals surface area (Å²) in [6.07, 6.45) is 7.72. The van der Waals surface area contributed by atoms with E-state index in [1.165, 1.54) is 6.42 Å². The van der Waals surface area contributed by atoms with Crippen LogP contribution in [0.1, 0.15) is 71.6 Å². The Hall–Kier alpha value is -0.560. The van der Waals surface area contributed by atoms with Gasteiger partial charge in [0.25, 0.3) is 0 Å². The largest absolute Gasteiger partial charge is 0.466 e. The van der Waals surface area contributed by atoms with E-state index in [1.807, 2.05) is 0 Å². The molecule has 0 saturated heterocycles. The van der Waals surface area contributed by atoms with Crippen molar-refractivity contribution in [3.63, 3.8) is 0 Å². The maximum atomic E-state index is 12.1. The summed E-state index contributed by atoms with van der Waals surface area (Å²) in [7, 11) is 0. The third-order valence-electron chi connectivity index (χ3n) is 5.27. The van der Waals surface area contributed by atoms with Crippen molar-refractivity contribution >= 4 is 36.8 Å². The molecule has 1 atom stereocenters. The van der Waals surface area contributed by atoms with Gasteiger partial charge in [0.05, 0.1) is 19.6 Å². The number of carbonyl (C=O) groups is 2. The zero-order valence-corrected chi connectivity index (χ0v) is 19.1. The number of halogens is 2. The van der Waals surface area contributed by atoms with E-state index in [0.717, 1.165) is 32.1 Å². The fourth-order valence-corrected chi connectivity index (χ4v) is 3.77. The predicted octanol–water partition coefficient (Wildman–Crippen LogP) is 3.62. The summed E-state index contributed by atoms with van der Waals surface area (Å²) in [5.41, 5.74) is 11.5. The van der Waals surface area contributed by atoms with Crippen molar-refractivity contribution in [1.29, 1.82) is 0 Å². The average molecular weight is 443 g/mol. The predicted molar refractivity (Wildman–Crippen MR) is 117 cm³/mol. The van der Waals surface area contributed by atoms with Crippen molar-refractivity contribution in [1.82, 2.24) is 0 Å². The molecule has 168 valence electrons. The molecule has 0 radical (unpaired) electrons. The number of carbonyl (C=O) groups excluding carboxylic acids is 2. The minimum absolute atomic E-state index is 0. The van der Waals surface area contributed by atoms with Gasteiger partial charge < -0.3 is 20.9 Å². The van der Waals surface area contributed by atoms with Gasteiger partial charge in [-0.1, -0.05) is 33.1 Å². The van der Waals surface area contributed by atoms with Gasteiger partial charge in [-0.2, -0.15) is 0 Å². The van der Waals surface area contributed by atoms with Crippen molar-refractivity contribution < 1.29 is 19.1 Å². The molecule has 1 fully saturated rings. The number of ether oxygens (including phenoxy) is 2. The first-order valence-corrected chi connectivity index (χ1v) is 10.1. The molecule has 0 amide bonds. The highest BCUT2D eigenvalue weighted by atomic mass is 35.5. The maximum absolute atomic E-state index is 12.1. The molecular weight excluding hydrogens is 403 g/mol. The molecule has 28 heavy (non-hydrogen) atoms. The topological polar surface area (TPSA) is 105 Å². The van der Waals surface area contributed by atoms with Crippen LogP contribution in [-0.2, 0) is 19.1 Å². The lowest BCUT2D eigenvalue weighted by molar-refractivity contribution is -0.148. The summed E-state index contributed by atoms with van der Waals surface area (Å²) in [4.78, 5) is 23.9. The fourth-order valence-electron chi connectivity index (χ4n) is 3.77. The highest BCUT2D eigenvalue weighted by Crippen LogP contribution is 2.38. The standard InChI is InChI=1S/C20H38N2O4.2ClH/c1-16(2)11-17(14-21)12-18(23)25-9-6-10-26-19(24)13-20(15-22)7-4-3-5-8-20;;/h16-17H,3-15,21-22H2,1-2H3;2*1H/t17-;;/m1../s1. The third-order valence-corrected chi connectivity index (χ3v) is 5.27. The Balaban J connectivity index is 0. The second-order valence-electron chi connectivity index (χ2n) is 8.17. The summed E-state index contributed by atoms with van der Waals surface area (Å²) in [5, 5.41) is 0. The second kappa shape index (κ2) is 16.3. The van der Waals surface area contributed by atoms with Crippen LogP contribution in [0.15, 0.2) is 0 Å². The summed E-state index contributed by atoms with van der Waals surface area (Å²) in [6, 6.07) is 0. The van der Waals surface area contributed by atoms with Gasteiger partial charge in [-0.25, -0.2) is 0 Å². The van der Waals surface area contributed by atoms with E-state index in [0.29, 0.717) is 38.3 Å². The van der Waals surface area contributed by atoms with E-state index >= 15 is 0 Å². The minimum Gasteiger partial charge on any atom is -0.466 e. The molecule has 6 nitrogen and oxygen atoms in total. The van der Waals surface area contributed by atoms with Gasteiger partial charge in [-0.15, -0.1) is 24.8 Å². The molecule has 0 spiro atoms. The molecule has 1 saturated carbocycles. The SMILES string of the molecule is CC(C)C[C@@H](CN)CC(=O)OCCCOC(=O)CC1(CN)CCCCC1.Cl.Cl. The third kappa shape index (κ3) is 12.1. The zero-order chi connectivity index (χ0) is 19.4. The van der Waals surface area contributed by atoms with Crippen LogP contribution in [0.25, 0.3) is 0 Å². The Morgan fingerprint density at radius 2 is 1.54 bits per heavy atom. The van der Waals surface area contributed by atoms with Gasteiger partial charge in [-0.3, -0.25) is 9.59 Å². The molecule has 0 unspecified atom stereocenters. The molecule has 0 aromatic carbocycles. The van der Waals surface area contributed by atoms with Crippen LogP contribution >= 0.6 is 24.8 Å². The van der Waals surface area contributed by atoms with Crippen LogP contribution in [0.4, 0.5) is 0 Å². The summed E-state index contributed by atoms with van der Waals surface area (Å²) < 4.78 is 10.5. The molecule has 0 aromatic rings. The normalized spacial score (nSPS) is 16.5. The quantitative estimate of drug-likeness (QED) is 0.353. The van der Waals surface area contributed by atoms with Crippen molar-refractivity contribution in [3.05, 3.63) is 0 Å². The van der Waals surface area contributed by atoms with Crippen LogP contribution in [0.3, 0.4) is 0 Å². The number of nitrogens with two attached hydrogens (primary N) is 2. The van der Waals surface area contributed by atoms with Gasteiger partial charge >= 0.3 is 11.9 Å². The van der Waals surface area contributed by atoms with E-state index in [1.54, 1.807) is 0 Å². The molecule has 0 bridgehead atoms. The minimum atomic E-state index is -0.225. The monoisotopic (exact) mass is 442 g/mol. The smallest absolute Gasteiger partial charge is 0.306 e. The van der Waals surface area contributed by atoms with Gasteiger partial charge in [0.2, 0.25) is 0 Å². The van der Waals surface area contributed by atoms with Gasteiger partial charge in [0.15, 0.2) is 0 Å². The first-order valence-electron chi connectivity index (χ1n) is 10.1. The molecule has 0 aromatic heterocycles. The Morgan fingerprint density at radius 3 is 2.04 bits per heavy atom. The Bertz CT molecular complexity index is 430. The van der Waals surface area contributed by atoms with E-state index in [9.17, 15) is 9.59 Å². The Morgan fingerprint density at radius 1 is 0.964 bits per heavy atom. The van der Waals surface area contributed by atoms with Crippen molar-refractivity contribution in [2.75, 3.05) is 26.3 Å². The summed E-state index contributed by atoms with van der Waals surface area (Å²) in [6.45, 7) is 5.81. The number of esters is 2. The van der Waals surface area contributed by atoms with Crippen LogP contribution in [0, 0.1) is 17.3 Å². The molecule has 1 rings (SSSR count). The fraction of sp³-hybridized carbons (Fsp3) is 0.900. The lowest BCUT2D eigenvalue weighted by Crippen LogP contribution is -2.35. The second-order valence-corrected chi connectivity index (χ2v) is 8.17. The maximum Gasteiger partial charge on any atom is 0.306 e. The molecular formula is C20H40Cl2N2O4. The van der Waals surface area contributed by atoms with Crippen molar-refractivity contribution in [2.24, 2.45) is 28.7 Å². The molecule has 0 heterocycles. The number of hydrogen-bond donors (Lipinski definition) is 2. The number of hydrogen-bond acceptors (Lipinski definition) is 6. The van der Waals surface area contributed by atoms with Gasteiger partial charge in [0, 0.05) is 12.8 Å². The highest BCUT2D eigenvalue weighted by molar-refractivity contribution is 5.85. The van der Waals surface area contributed by atoms with Crippen LogP contribution < -0.4 is 11.5 Å². The first kappa shape index (κ1) is 29.6. The average Bonchev–Trinajstić information content (AvgIpc) is 2.61. The van der Waals surface area contributed by atoms with E-state index < -0.39 is 0 Å². The molecule has 0 aliphatic heterocycles. The Labute approximate surface area is 182 Å². The first-order chi connectivity index (χ1) is 12.4. The van der Waals surface area contributed by atoms with E-state index in [2.05, 4.69) is 13.8 Å².